The van der Waals surface area contributed by atoms with Gasteiger partial charge >= 0.3 is 0 Å². The summed E-state index contributed by atoms with van der Waals surface area (Å²) in [6.07, 6.45) is 1.68. The first-order valence-corrected chi connectivity index (χ1v) is 4.98. The lowest BCUT2D eigenvalue weighted by atomic mass is 10.1. The summed E-state index contributed by atoms with van der Waals surface area (Å²) in [6, 6.07) is 6.58. The van der Waals surface area contributed by atoms with E-state index in [2.05, 4.69) is 13.8 Å². The van der Waals surface area contributed by atoms with Gasteiger partial charge in [0, 0.05) is 6.42 Å². The maximum atomic E-state index is 11.1. The highest BCUT2D eigenvalue weighted by molar-refractivity contribution is 5.98. The number of phenolic OH excluding ortho intramolecular Hbond substituents is 1. The van der Waals surface area contributed by atoms with Gasteiger partial charge in [-0.15, -0.1) is 0 Å². The van der Waals surface area contributed by atoms with Crippen LogP contribution in [0, 0.1) is 0 Å². The van der Waals surface area contributed by atoms with Gasteiger partial charge in [-0.25, -0.2) is 0 Å². The van der Waals surface area contributed by atoms with Crippen molar-refractivity contribution in [1.29, 1.82) is 0 Å². The van der Waals surface area contributed by atoms with Crippen LogP contribution in [0.25, 0.3) is 0 Å². The van der Waals surface area contributed by atoms with Crippen molar-refractivity contribution in [2.75, 3.05) is 0 Å². The van der Waals surface area contributed by atoms with Crippen molar-refractivity contribution < 1.29 is 9.90 Å². The zero-order chi connectivity index (χ0) is 11.0. The van der Waals surface area contributed by atoms with E-state index in [9.17, 15) is 9.90 Å². The molecule has 0 saturated heterocycles. The quantitative estimate of drug-likeness (QED) is 0.732. The van der Waals surface area contributed by atoms with Crippen molar-refractivity contribution in [3.63, 3.8) is 0 Å². The molecule has 1 aromatic carbocycles. The van der Waals surface area contributed by atoms with E-state index in [-0.39, 0.29) is 11.5 Å². The normalized spacial score (nSPS) is 8.79. The molecule has 0 bridgehead atoms. The molecule has 1 N–H and O–H groups in total. The van der Waals surface area contributed by atoms with Gasteiger partial charge in [0.2, 0.25) is 0 Å². The Bertz CT molecular complexity index is 279. The van der Waals surface area contributed by atoms with E-state index >= 15 is 0 Å². The number of benzene rings is 1. The molecule has 0 radical (unpaired) electrons. The fourth-order valence-electron chi connectivity index (χ4n) is 0.900. The summed E-state index contributed by atoms with van der Waals surface area (Å²) in [5.74, 6) is 0.0439. The van der Waals surface area contributed by atoms with Gasteiger partial charge in [-0.3, -0.25) is 4.79 Å². The van der Waals surface area contributed by atoms with Gasteiger partial charge in [0.15, 0.2) is 5.78 Å². The van der Waals surface area contributed by atoms with E-state index in [0.717, 1.165) is 0 Å². The molecule has 0 saturated carbocycles. The van der Waals surface area contributed by atoms with Gasteiger partial charge < -0.3 is 5.11 Å². The number of ketones is 1. The first kappa shape index (κ1) is 12.7. The van der Waals surface area contributed by atoms with E-state index in [1.165, 1.54) is 12.5 Å². The molecule has 0 aromatic heterocycles. The van der Waals surface area contributed by atoms with Gasteiger partial charge in [-0.2, -0.15) is 0 Å². The Hall–Kier alpha value is -1.31. The van der Waals surface area contributed by atoms with Crippen LogP contribution in [-0.2, 0) is 0 Å². The maximum Gasteiger partial charge on any atom is 0.166 e. The first-order chi connectivity index (χ1) is 6.67. The third-order valence-electron chi connectivity index (χ3n) is 1.53. The first-order valence-electron chi connectivity index (χ1n) is 4.98. The summed E-state index contributed by atoms with van der Waals surface area (Å²) in [5, 5.41) is 9.19. The molecule has 0 aliphatic rings. The Kier molecular flexibility index (Phi) is 6.46. The predicted octanol–water partition coefficient (Wildman–Crippen LogP) is 3.40. The molecular formula is C12H18O2. The summed E-state index contributed by atoms with van der Waals surface area (Å²) in [7, 11) is 0. The summed E-state index contributed by atoms with van der Waals surface area (Å²) < 4.78 is 0. The Morgan fingerprint density at radius 2 is 1.71 bits per heavy atom. The van der Waals surface area contributed by atoms with Crippen LogP contribution in [0.15, 0.2) is 24.3 Å². The molecule has 0 atom stereocenters. The van der Waals surface area contributed by atoms with Crippen LogP contribution in [0.5, 0.6) is 5.75 Å². The Morgan fingerprint density at radius 3 is 2.14 bits per heavy atom. The minimum atomic E-state index is -0.0249. The summed E-state index contributed by atoms with van der Waals surface area (Å²) in [5.41, 5.74) is 0.412. The summed E-state index contributed by atoms with van der Waals surface area (Å²) in [4.78, 5) is 11.1. The average molecular weight is 194 g/mol. The van der Waals surface area contributed by atoms with Crippen LogP contribution in [-0.4, -0.2) is 10.9 Å². The number of aromatic hydroxyl groups is 1. The van der Waals surface area contributed by atoms with Gasteiger partial charge in [0.05, 0.1) is 5.56 Å². The molecule has 14 heavy (non-hydrogen) atoms. The second-order valence-corrected chi connectivity index (χ2v) is 3.00. The number of phenols is 1. The minimum absolute atomic E-state index is 0.0249. The van der Waals surface area contributed by atoms with Crippen molar-refractivity contribution in [1.82, 2.24) is 0 Å². The van der Waals surface area contributed by atoms with Crippen LogP contribution in [0.3, 0.4) is 0 Å². The van der Waals surface area contributed by atoms with Crippen molar-refractivity contribution in [3.8, 4) is 5.75 Å². The monoisotopic (exact) mass is 194 g/mol. The molecule has 0 fully saturated rings. The molecule has 0 heterocycles. The van der Waals surface area contributed by atoms with Crippen molar-refractivity contribution >= 4 is 5.78 Å². The number of rotatable bonds is 2. The second-order valence-electron chi connectivity index (χ2n) is 3.00. The molecule has 0 aliphatic carbocycles. The summed E-state index contributed by atoms with van der Waals surface area (Å²) >= 11 is 0. The third kappa shape index (κ3) is 4.08. The Labute approximate surface area is 85.6 Å². The molecular weight excluding hydrogens is 176 g/mol. The largest absolute Gasteiger partial charge is 0.507 e. The van der Waals surface area contributed by atoms with E-state index in [0.29, 0.717) is 12.0 Å². The summed E-state index contributed by atoms with van der Waals surface area (Å²) in [6.45, 7) is 6.02. The van der Waals surface area contributed by atoms with E-state index in [1.807, 2.05) is 0 Å². The van der Waals surface area contributed by atoms with Gasteiger partial charge in [-0.1, -0.05) is 39.3 Å². The van der Waals surface area contributed by atoms with Gasteiger partial charge in [0.1, 0.15) is 5.75 Å². The number of Topliss-reactive ketones (excluding diaryl/α,β-unsaturated/α-hetero) is 1. The smallest absolute Gasteiger partial charge is 0.166 e. The zero-order valence-corrected chi connectivity index (χ0v) is 9.08. The fourth-order valence-corrected chi connectivity index (χ4v) is 0.900. The lowest BCUT2D eigenvalue weighted by Gasteiger charge is -1.99. The number of hydrogen-bond donors (Lipinski definition) is 1. The molecule has 0 amide bonds. The highest BCUT2D eigenvalue weighted by atomic mass is 16.3. The highest BCUT2D eigenvalue weighted by Gasteiger charge is 2.06. The van der Waals surface area contributed by atoms with E-state index in [4.69, 9.17) is 0 Å². The highest BCUT2D eigenvalue weighted by Crippen LogP contribution is 2.16. The van der Waals surface area contributed by atoms with Gasteiger partial charge in [0.25, 0.3) is 0 Å². The fraction of sp³-hybridized carbons (Fsp3) is 0.417. The number of hydrogen-bond acceptors (Lipinski definition) is 2. The number of carbonyl (C=O) groups excluding carboxylic acids is 1. The Balaban J connectivity index is 0.000000500. The molecule has 0 aliphatic heterocycles. The second kappa shape index (κ2) is 7.13. The molecule has 0 spiro atoms. The number of carbonyl (C=O) groups is 1. The lowest BCUT2D eigenvalue weighted by Crippen LogP contribution is -1.95. The Morgan fingerprint density at radius 1 is 1.21 bits per heavy atom. The maximum absolute atomic E-state index is 11.1. The van der Waals surface area contributed by atoms with Crippen LogP contribution >= 0.6 is 0 Å². The molecule has 1 rings (SSSR count). The van der Waals surface area contributed by atoms with Gasteiger partial charge in [-0.05, 0) is 12.1 Å². The van der Waals surface area contributed by atoms with E-state index < -0.39 is 0 Å². The molecule has 2 heteroatoms. The van der Waals surface area contributed by atoms with Crippen LogP contribution in [0.4, 0.5) is 0 Å². The SMILES string of the molecule is CCC.CCC(=O)c1ccccc1O. The van der Waals surface area contributed by atoms with Crippen molar-refractivity contribution in [2.45, 2.75) is 33.6 Å². The van der Waals surface area contributed by atoms with Crippen LogP contribution in [0.1, 0.15) is 44.0 Å². The molecule has 78 valence electrons. The van der Waals surface area contributed by atoms with Crippen LogP contribution < -0.4 is 0 Å². The zero-order valence-electron chi connectivity index (χ0n) is 9.08. The lowest BCUT2D eigenvalue weighted by molar-refractivity contribution is 0.0985. The standard InChI is InChI=1S/C9H10O2.C3H8/c1-2-8(10)7-5-3-4-6-9(7)11;1-3-2/h3-6,11H,2H2,1H3;3H2,1-2H3. The van der Waals surface area contributed by atoms with E-state index in [1.54, 1.807) is 25.1 Å². The number of para-hydroxylation sites is 1. The average Bonchev–Trinajstić information content (AvgIpc) is 2.19. The van der Waals surface area contributed by atoms with Crippen molar-refractivity contribution in [3.05, 3.63) is 29.8 Å². The topological polar surface area (TPSA) is 37.3 Å². The third-order valence-corrected chi connectivity index (χ3v) is 1.53. The molecule has 0 unspecified atom stereocenters. The predicted molar refractivity (Wildman–Crippen MR) is 58.7 cm³/mol. The van der Waals surface area contributed by atoms with Crippen molar-refractivity contribution in [2.24, 2.45) is 0 Å². The molecule has 2 nitrogen and oxygen atoms in total. The molecule has 1 aromatic rings. The minimum Gasteiger partial charge on any atom is -0.507 e. The van der Waals surface area contributed by atoms with Crippen LogP contribution in [0.2, 0.25) is 0 Å².